The molecule has 0 unspecified atom stereocenters. The average molecular weight is 142 g/mol. The molecule has 1 rings (SSSR count). The minimum Gasteiger partial charge on any atom is -0.314 e. The van der Waals surface area contributed by atoms with Crippen molar-refractivity contribution < 1.29 is 0 Å². The fraction of sp³-hybridized carbons (Fsp3) is 1.00. The molecule has 0 bridgehead atoms. The van der Waals surface area contributed by atoms with Crippen molar-refractivity contribution in [2.24, 2.45) is 0 Å². The van der Waals surface area contributed by atoms with Crippen LogP contribution in [0.5, 0.6) is 0 Å². The molecular weight excluding hydrogens is 124 g/mol. The highest BCUT2D eigenvalue weighted by Crippen LogP contribution is 2.11. The summed E-state index contributed by atoms with van der Waals surface area (Å²) >= 11 is 0. The fourth-order valence-corrected chi connectivity index (χ4v) is 1.61. The van der Waals surface area contributed by atoms with Gasteiger partial charge in [-0.2, -0.15) is 0 Å². The molecule has 0 saturated carbocycles. The Balaban J connectivity index is 2.32. The van der Waals surface area contributed by atoms with Crippen LogP contribution in [0.3, 0.4) is 0 Å². The van der Waals surface area contributed by atoms with Crippen molar-refractivity contribution in [3.05, 3.63) is 0 Å². The molecule has 2 nitrogen and oxygen atoms in total. The minimum atomic E-state index is 0.368. The van der Waals surface area contributed by atoms with Gasteiger partial charge < -0.3 is 10.6 Å². The molecule has 1 aliphatic rings. The predicted molar refractivity (Wildman–Crippen MR) is 44.2 cm³/mol. The van der Waals surface area contributed by atoms with Crippen LogP contribution in [0.1, 0.15) is 26.7 Å². The van der Waals surface area contributed by atoms with Gasteiger partial charge in [-0.3, -0.25) is 0 Å². The third kappa shape index (κ3) is 1.96. The molecule has 0 aromatic carbocycles. The SMILES string of the molecule is CCC[C@@]1(C)CNCCN1. The molecule has 60 valence electrons. The predicted octanol–water partition coefficient (Wildman–Crippen LogP) is 0.738. The lowest BCUT2D eigenvalue weighted by molar-refractivity contribution is 0.276. The molecule has 0 aliphatic carbocycles. The monoisotopic (exact) mass is 142 g/mol. The summed E-state index contributed by atoms with van der Waals surface area (Å²) in [6.07, 6.45) is 2.55. The van der Waals surface area contributed by atoms with Crippen LogP contribution >= 0.6 is 0 Å². The molecule has 1 heterocycles. The van der Waals surface area contributed by atoms with Crippen LogP contribution in [0, 0.1) is 0 Å². The summed E-state index contributed by atoms with van der Waals surface area (Å²) in [6.45, 7) is 7.90. The van der Waals surface area contributed by atoms with Gasteiger partial charge in [-0.15, -0.1) is 0 Å². The van der Waals surface area contributed by atoms with Crippen LogP contribution in [0.2, 0.25) is 0 Å². The molecule has 1 aliphatic heterocycles. The van der Waals surface area contributed by atoms with E-state index in [1.54, 1.807) is 0 Å². The van der Waals surface area contributed by atoms with Gasteiger partial charge in [0.1, 0.15) is 0 Å². The van der Waals surface area contributed by atoms with Crippen molar-refractivity contribution in [1.82, 2.24) is 10.6 Å². The second-order valence-corrected chi connectivity index (χ2v) is 3.41. The van der Waals surface area contributed by atoms with Crippen molar-refractivity contribution >= 4 is 0 Å². The van der Waals surface area contributed by atoms with Gasteiger partial charge in [-0.1, -0.05) is 13.3 Å². The molecular formula is C8H18N2. The summed E-state index contributed by atoms with van der Waals surface area (Å²) < 4.78 is 0. The maximum Gasteiger partial charge on any atom is 0.0278 e. The number of nitrogens with one attached hydrogen (secondary N) is 2. The molecule has 1 fully saturated rings. The van der Waals surface area contributed by atoms with Crippen LogP contribution in [-0.2, 0) is 0 Å². The molecule has 10 heavy (non-hydrogen) atoms. The zero-order valence-electron chi connectivity index (χ0n) is 7.04. The lowest BCUT2D eigenvalue weighted by Crippen LogP contribution is -2.57. The summed E-state index contributed by atoms with van der Waals surface area (Å²) in [6, 6.07) is 0. The quantitative estimate of drug-likeness (QED) is 0.594. The van der Waals surface area contributed by atoms with Crippen LogP contribution in [0.15, 0.2) is 0 Å². The zero-order valence-corrected chi connectivity index (χ0v) is 7.04. The molecule has 0 amide bonds. The largest absolute Gasteiger partial charge is 0.314 e. The molecule has 0 radical (unpaired) electrons. The Morgan fingerprint density at radius 1 is 1.40 bits per heavy atom. The Morgan fingerprint density at radius 2 is 2.20 bits per heavy atom. The third-order valence-corrected chi connectivity index (χ3v) is 2.17. The van der Waals surface area contributed by atoms with Crippen molar-refractivity contribution in [3.63, 3.8) is 0 Å². The molecule has 1 atom stereocenters. The summed E-state index contributed by atoms with van der Waals surface area (Å²) in [7, 11) is 0. The van der Waals surface area contributed by atoms with Crippen LogP contribution in [0.4, 0.5) is 0 Å². The first kappa shape index (κ1) is 8.02. The standard InChI is InChI=1S/C8H18N2/c1-3-4-8(2)7-9-5-6-10-8/h9-10H,3-7H2,1-2H3/t8-/m0/s1. The number of hydrogen-bond acceptors (Lipinski definition) is 2. The molecule has 2 heteroatoms. The van der Waals surface area contributed by atoms with E-state index in [0.29, 0.717) is 5.54 Å². The molecule has 0 aromatic rings. The first-order chi connectivity index (χ1) is 4.77. The molecule has 1 saturated heterocycles. The molecule has 0 spiro atoms. The fourth-order valence-electron chi connectivity index (χ4n) is 1.61. The van der Waals surface area contributed by atoms with E-state index in [-0.39, 0.29) is 0 Å². The summed E-state index contributed by atoms with van der Waals surface area (Å²) in [5, 5.41) is 6.93. The van der Waals surface area contributed by atoms with E-state index in [1.807, 2.05) is 0 Å². The number of rotatable bonds is 2. The number of piperazine rings is 1. The topological polar surface area (TPSA) is 24.1 Å². The second-order valence-electron chi connectivity index (χ2n) is 3.41. The van der Waals surface area contributed by atoms with E-state index in [1.165, 1.54) is 12.8 Å². The zero-order chi connectivity index (χ0) is 7.45. The van der Waals surface area contributed by atoms with Gasteiger partial charge >= 0.3 is 0 Å². The van der Waals surface area contributed by atoms with Crippen molar-refractivity contribution in [1.29, 1.82) is 0 Å². The molecule has 2 N–H and O–H groups in total. The van der Waals surface area contributed by atoms with Gasteiger partial charge in [-0.25, -0.2) is 0 Å². The Labute approximate surface area is 63.4 Å². The first-order valence-corrected chi connectivity index (χ1v) is 4.22. The van der Waals surface area contributed by atoms with E-state index in [9.17, 15) is 0 Å². The van der Waals surface area contributed by atoms with E-state index < -0.39 is 0 Å². The van der Waals surface area contributed by atoms with Gasteiger partial charge in [0.05, 0.1) is 0 Å². The maximum atomic E-state index is 3.53. The van der Waals surface area contributed by atoms with Crippen LogP contribution in [0.25, 0.3) is 0 Å². The van der Waals surface area contributed by atoms with E-state index in [0.717, 1.165) is 19.6 Å². The van der Waals surface area contributed by atoms with Gasteiger partial charge in [0.15, 0.2) is 0 Å². The summed E-state index contributed by atoms with van der Waals surface area (Å²) in [5.41, 5.74) is 0.368. The maximum absolute atomic E-state index is 3.53. The summed E-state index contributed by atoms with van der Waals surface area (Å²) in [5.74, 6) is 0. The smallest absolute Gasteiger partial charge is 0.0278 e. The van der Waals surface area contributed by atoms with Gasteiger partial charge in [0.25, 0.3) is 0 Å². The van der Waals surface area contributed by atoms with Gasteiger partial charge in [0.2, 0.25) is 0 Å². The number of hydrogen-bond donors (Lipinski definition) is 2. The Hall–Kier alpha value is -0.0800. The minimum absolute atomic E-state index is 0.368. The summed E-state index contributed by atoms with van der Waals surface area (Å²) in [4.78, 5) is 0. The lowest BCUT2D eigenvalue weighted by Gasteiger charge is -2.35. The van der Waals surface area contributed by atoms with Gasteiger partial charge in [0, 0.05) is 25.2 Å². The normalized spacial score (nSPS) is 34.2. The third-order valence-electron chi connectivity index (χ3n) is 2.17. The highest BCUT2D eigenvalue weighted by molar-refractivity contribution is 4.88. The van der Waals surface area contributed by atoms with E-state index >= 15 is 0 Å². The average Bonchev–Trinajstić information content (AvgIpc) is 1.89. The molecule has 0 aromatic heterocycles. The van der Waals surface area contributed by atoms with E-state index in [2.05, 4.69) is 24.5 Å². The Morgan fingerprint density at radius 3 is 2.70 bits per heavy atom. The first-order valence-electron chi connectivity index (χ1n) is 4.22. The van der Waals surface area contributed by atoms with E-state index in [4.69, 9.17) is 0 Å². The highest BCUT2D eigenvalue weighted by Gasteiger charge is 2.23. The highest BCUT2D eigenvalue weighted by atomic mass is 15.1. The Kier molecular flexibility index (Phi) is 2.69. The van der Waals surface area contributed by atoms with Crippen LogP contribution < -0.4 is 10.6 Å². The van der Waals surface area contributed by atoms with Crippen molar-refractivity contribution in [2.45, 2.75) is 32.2 Å². The lowest BCUT2D eigenvalue weighted by atomic mass is 9.94. The van der Waals surface area contributed by atoms with Crippen LogP contribution in [-0.4, -0.2) is 25.2 Å². The van der Waals surface area contributed by atoms with Crippen molar-refractivity contribution in [3.8, 4) is 0 Å². The van der Waals surface area contributed by atoms with Crippen molar-refractivity contribution in [2.75, 3.05) is 19.6 Å². The Bertz CT molecular complexity index is 89.9. The van der Waals surface area contributed by atoms with Gasteiger partial charge in [-0.05, 0) is 13.3 Å². The second kappa shape index (κ2) is 3.35.